The van der Waals surface area contributed by atoms with Crippen molar-refractivity contribution in [3.8, 4) is 11.5 Å². The number of carboxylic acid groups (broad SMARTS) is 1. The van der Waals surface area contributed by atoms with Crippen LogP contribution in [0.5, 0.6) is 11.5 Å². The third kappa shape index (κ3) is 13.0. The van der Waals surface area contributed by atoms with Crippen molar-refractivity contribution in [2.24, 2.45) is 29.4 Å². The van der Waals surface area contributed by atoms with E-state index in [0.29, 0.717) is 24.3 Å². The second-order valence-corrected chi connectivity index (χ2v) is 11.2. The molecule has 220 valence electrons. The topological polar surface area (TPSA) is 151 Å². The maximum absolute atomic E-state index is 12.6. The molecule has 0 heterocycles. The van der Waals surface area contributed by atoms with E-state index >= 15 is 0 Å². The minimum atomic E-state index is -1.36. The Labute approximate surface area is 231 Å². The predicted molar refractivity (Wildman–Crippen MR) is 146 cm³/mol. The average Bonchev–Trinajstić information content (AvgIpc) is 2.85. The molecule has 0 aliphatic heterocycles. The van der Waals surface area contributed by atoms with Crippen molar-refractivity contribution in [1.29, 1.82) is 0 Å². The van der Waals surface area contributed by atoms with Crippen LogP contribution in [0.3, 0.4) is 0 Å². The summed E-state index contributed by atoms with van der Waals surface area (Å²) in [6.45, 7) is 13.4. The molecule has 1 rings (SSSR count). The van der Waals surface area contributed by atoms with Crippen LogP contribution >= 0.6 is 0 Å². The highest BCUT2D eigenvalue weighted by atomic mass is 16.7. The summed E-state index contributed by atoms with van der Waals surface area (Å²) in [5, 5.41) is 9.69. The van der Waals surface area contributed by atoms with Crippen molar-refractivity contribution in [3.63, 3.8) is 0 Å². The molecule has 3 N–H and O–H groups in total. The standard InChI is InChI=1S/C29H45NO9/c1-17(2)8-12-24(31)38-22-11-10-21(14-23(22)39-25(32)13-9-18(3)4)26(27(30)28(33)34)20(7)16-37-29(35)36-15-19(5)6/h10-11,14,17-20,26-27H,8-9,12-13,15-16,30H2,1-7H3,(H,33,34)/t20?,26?,27-/m0/s1. The van der Waals surface area contributed by atoms with Crippen molar-refractivity contribution >= 4 is 24.1 Å². The van der Waals surface area contributed by atoms with Gasteiger partial charge in [-0.05, 0) is 54.2 Å². The number of nitrogens with two attached hydrogens (primary N) is 1. The van der Waals surface area contributed by atoms with Crippen LogP contribution in [0.25, 0.3) is 0 Å². The molecular formula is C29H45NO9. The number of carboxylic acids is 1. The molecule has 10 nitrogen and oxygen atoms in total. The van der Waals surface area contributed by atoms with Crippen molar-refractivity contribution in [3.05, 3.63) is 23.8 Å². The fourth-order valence-electron chi connectivity index (χ4n) is 3.68. The smallest absolute Gasteiger partial charge is 0.480 e. The zero-order valence-electron chi connectivity index (χ0n) is 24.2. The third-order valence-corrected chi connectivity index (χ3v) is 5.94. The van der Waals surface area contributed by atoms with Gasteiger partial charge in [-0.15, -0.1) is 0 Å². The first-order chi connectivity index (χ1) is 18.2. The van der Waals surface area contributed by atoms with Crippen molar-refractivity contribution in [1.82, 2.24) is 0 Å². The van der Waals surface area contributed by atoms with Gasteiger partial charge < -0.3 is 29.8 Å². The Balaban J connectivity index is 3.28. The molecule has 0 amide bonds. The molecule has 0 spiro atoms. The lowest BCUT2D eigenvalue weighted by Gasteiger charge is -2.28. The van der Waals surface area contributed by atoms with Crippen LogP contribution in [0.4, 0.5) is 4.79 Å². The molecule has 0 aliphatic rings. The summed E-state index contributed by atoms with van der Waals surface area (Å²) < 4.78 is 21.3. The second-order valence-electron chi connectivity index (χ2n) is 11.2. The number of hydrogen-bond donors (Lipinski definition) is 2. The van der Waals surface area contributed by atoms with Crippen LogP contribution in [0, 0.1) is 23.7 Å². The lowest BCUT2D eigenvalue weighted by atomic mass is 9.82. The Kier molecular flexibility index (Phi) is 14.5. The number of carbonyl (C=O) groups is 4. The summed E-state index contributed by atoms with van der Waals surface area (Å²) >= 11 is 0. The van der Waals surface area contributed by atoms with E-state index in [1.54, 1.807) is 13.0 Å². The van der Waals surface area contributed by atoms with Gasteiger partial charge in [0.1, 0.15) is 6.04 Å². The van der Waals surface area contributed by atoms with E-state index in [1.807, 2.05) is 41.5 Å². The Morgan fingerprint density at radius 3 is 1.77 bits per heavy atom. The quantitative estimate of drug-likeness (QED) is 0.204. The van der Waals surface area contributed by atoms with Gasteiger partial charge in [0.25, 0.3) is 0 Å². The molecule has 39 heavy (non-hydrogen) atoms. The van der Waals surface area contributed by atoms with Crippen LogP contribution in [0.2, 0.25) is 0 Å². The molecule has 0 saturated carbocycles. The maximum Gasteiger partial charge on any atom is 0.508 e. The highest BCUT2D eigenvalue weighted by Crippen LogP contribution is 2.36. The fraction of sp³-hybridized carbons (Fsp3) is 0.655. The first-order valence-electron chi connectivity index (χ1n) is 13.5. The normalized spacial score (nSPS) is 13.6. The molecule has 0 fully saturated rings. The van der Waals surface area contributed by atoms with Gasteiger partial charge in [0.15, 0.2) is 11.5 Å². The van der Waals surface area contributed by atoms with Gasteiger partial charge in [-0.1, -0.05) is 54.5 Å². The SMILES string of the molecule is CC(C)CCC(=O)Oc1ccc(C(C(C)COC(=O)OCC(C)C)[C@H](N)C(=O)O)cc1OC(=O)CCC(C)C. The molecular weight excluding hydrogens is 506 g/mol. The summed E-state index contributed by atoms with van der Waals surface area (Å²) in [6.07, 6.45) is 0.724. The van der Waals surface area contributed by atoms with Gasteiger partial charge in [-0.3, -0.25) is 14.4 Å². The first kappa shape index (κ1) is 33.9. The lowest BCUT2D eigenvalue weighted by molar-refractivity contribution is -0.139. The second kappa shape index (κ2) is 16.7. The molecule has 0 radical (unpaired) electrons. The van der Waals surface area contributed by atoms with E-state index < -0.39 is 41.9 Å². The van der Waals surface area contributed by atoms with Crippen LogP contribution in [0.15, 0.2) is 18.2 Å². The minimum Gasteiger partial charge on any atom is -0.480 e. The van der Waals surface area contributed by atoms with Gasteiger partial charge in [0, 0.05) is 18.8 Å². The summed E-state index contributed by atoms with van der Waals surface area (Å²) in [5.74, 6) is -2.87. The highest BCUT2D eigenvalue weighted by Gasteiger charge is 2.33. The van der Waals surface area contributed by atoms with Gasteiger partial charge in [0.2, 0.25) is 0 Å². The molecule has 2 unspecified atom stereocenters. The van der Waals surface area contributed by atoms with E-state index in [2.05, 4.69) is 0 Å². The molecule has 1 aromatic carbocycles. The van der Waals surface area contributed by atoms with Crippen LogP contribution in [0.1, 0.15) is 85.6 Å². The Morgan fingerprint density at radius 1 is 0.769 bits per heavy atom. The summed E-state index contributed by atoms with van der Waals surface area (Å²) in [6, 6.07) is 3.12. The number of ether oxygens (including phenoxy) is 4. The number of aliphatic carboxylic acids is 1. The van der Waals surface area contributed by atoms with Crippen LogP contribution in [-0.2, 0) is 23.9 Å². The molecule has 0 aliphatic carbocycles. The summed E-state index contributed by atoms with van der Waals surface area (Å²) in [5.41, 5.74) is 6.47. The molecule has 0 bridgehead atoms. The number of esters is 2. The average molecular weight is 552 g/mol. The molecule has 3 atom stereocenters. The van der Waals surface area contributed by atoms with E-state index in [4.69, 9.17) is 24.7 Å². The highest BCUT2D eigenvalue weighted by molar-refractivity contribution is 5.77. The molecule has 1 aromatic rings. The van der Waals surface area contributed by atoms with E-state index in [1.165, 1.54) is 12.1 Å². The number of carbonyl (C=O) groups excluding carboxylic acids is 3. The van der Waals surface area contributed by atoms with E-state index in [0.717, 1.165) is 0 Å². The van der Waals surface area contributed by atoms with Crippen molar-refractivity contribution in [2.75, 3.05) is 13.2 Å². The summed E-state index contributed by atoms with van der Waals surface area (Å²) in [7, 11) is 0. The monoisotopic (exact) mass is 551 g/mol. The van der Waals surface area contributed by atoms with E-state index in [9.17, 15) is 24.3 Å². The largest absolute Gasteiger partial charge is 0.508 e. The van der Waals surface area contributed by atoms with Crippen LogP contribution < -0.4 is 15.2 Å². The van der Waals surface area contributed by atoms with E-state index in [-0.39, 0.29) is 49.4 Å². The molecule has 0 aromatic heterocycles. The minimum absolute atomic E-state index is 0.00815. The molecule has 10 heteroatoms. The van der Waals surface area contributed by atoms with Crippen molar-refractivity contribution in [2.45, 2.75) is 86.1 Å². The van der Waals surface area contributed by atoms with Crippen LogP contribution in [-0.4, -0.2) is 48.4 Å². The summed E-state index contributed by atoms with van der Waals surface area (Å²) in [4.78, 5) is 48.8. The first-order valence-corrected chi connectivity index (χ1v) is 13.5. The fourth-order valence-corrected chi connectivity index (χ4v) is 3.68. The predicted octanol–water partition coefficient (Wildman–Crippen LogP) is 5.31. The zero-order chi connectivity index (χ0) is 29.7. The number of hydrogen-bond acceptors (Lipinski definition) is 9. The Morgan fingerprint density at radius 2 is 1.28 bits per heavy atom. The third-order valence-electron chi connectivity index (χ3n) is 5.94. The Bertz CT molecular complexity index is 958. The Hall–Kier alpha value is -3.14. The molecule has 0 saturated heterocycles. The zero-order valence-corrected chi connectivity index (χ0v) is 24.2. The maximum atomic E-state index is 12.6. The van der Waals surface area contributed by atoms with Gasteiger partial charge >= 0.3 is 24.1 Å². The lowest BCUT2D eigenvalue weighted by Crippen LogP contribution is -2.40. The number of benzene rings is 1. The van der Waals surface area contributed by atoms with Gasteiger partial charge in [-0.2, -0.15) is 0 Å². The van der Waals surface area contributed by atoms with Gasteiger partial charge in [-0.25, -0.2) is 4.79 Å². The number of rotatable bonds is 16. The van der Waals surface area contributed by atoms with Gasteiger partial charge in [0.05, 0.1) is 13.2 Å². The van der Waals surface area contributed by atoms with Crippen molar-refractivity contribution < 1.29 is 43.2 Å².